The van der Waals surface area contributed by atoms with Gasteiger partial charge in [-0.3, -0.25) is 4.79 Å². The molecule has 2 aromatic rings. The Hall–Kier alpha value is -1.96. The number of rotatable bonds is 9. The Kier molecular flexibility index (Phi) is 7.14. The predicted molar refractivity (Wildman–Crippen MR) is 98.0 cm³/mol. The molecule has 2 rings (SSSR count). The topological polar surface area (TPSA) is 83.5 Å². The lowest BCUT2D eigenvalue weighted by atomic mass is 10.0. The molecule has 140 valence electrons. The smallest absolute Gasteiger partial charge is 0.303 e. The van der Waals surface area contributed by atoms with Gasteiger partial charge in [0.05, 0.1) is 10.8 Å². The largest absolute Gasteiger partial charge is 0.481 e. The maximum Gasteiger partial charge on any atom is 0.303 e. The molecule has 0 fully saturated rings. The number of carbonyl (C=O) groups is 1. The average Bonchev–Trinajstić information content (AvgIpc) is 2.56. The van der Waals surface area contributed by atoms with Crippen LogP contribution < -0.4 is 4.72 Å². The molecular weight excluding hydrogens is 381 g/mol. The molecule has 8 heteroatoms. The van der Waals surface area contributed by atoms with Gasteiger partial charge in [0, 0.05) is 12.5 Å². The van der Waals surface area contributed by atoms with Gasteiger partial charge in [-0.15, -0.1) is 0 Å². The van der Waals surface area contributed by atoms with Crippen molar-refractivity contribution in [3.8, 4) is 0 Å². The molecule has 0 amide bonds. The first-order chi connectivity index (χ1) is 12.2. The normalized spacial score (nSPS) is 12.7. The maximum atomic E-state index is 13.5. The van der Waals surface area contributed by atoms with Gasteiger partial charge in [-0.05, 0) is 36.1 Å². The van der Waals surface area contributed by atoms with E-state index in [-0.39, 0.29) is 23.4 Å². The van der Waals surface area contributed by atoms with Crippen LogP contribution in [-0.4, -0.2) is 25.5 Å². The molecular formula is C18H19ClFNO4S. The monoisotopic (exact) mass is 399 g/mol. The van der Waals surface area contributed by atoms with E-state index in [2.05, 4.69) is 4.72 Å². The summed E-state index contributed by atoms with van der Waals surface area (Å²) in [5.41, 5.74) is 1.15. The first-order valence-corrected chi connectivity index (χ1v) is 9.98. The maximum absolute atomic E-state index is 13.5. The highest BCUT2D eigenvalue weighted by atomic mass is 35.5. The molecule has 1 unspecified atom stereocenters. The molecule has 0 bridgehead atoms. The van der Waals surface area contributed by atoms with Gasteiger partial charge in [-0.2, -0.15) is 0 Å². The van der Waals surface area contributed by atoms with E-state index in [1.54, 1.807) is 0 Å². The zero-order valence-corrected chi connectivity index (χ0v) is 15.4. The number of nitrogens with one attached hydrogen (secondary N) is 1. The van der Waals surface area contributed by atoms with Gasteiger partial charge in [0.15, 0.2) is 0 Å². The van der Waals surface area contributed by atoms with E-state index >= 15 is 0 Å². The third-order valence-electron chi connectivity index (χ3n) is 3.72. The number of benzene rings is 2. The van der Waals surface area contributed by atoms with Crippen LogP contribution in [0.5, 0.6) is 0 Å². The van der Waals surface area contributed by atoms with Crippen molar-refractivity contribution >= 4 is 27.6 Å². The number of carboxylic acids is 1. The van der Waals surface area contributed by atoms with Gasteiger partial charge in [0.1, 0.15) is 5.82 Å². The fourth-order valence-electron chi connectivity index (χ4n) is 2.54. The molecule has 0 aromatic heterocycles. The minimum absolute atomic E-state index is 0.0810. The van der Waals surface area contributed by atoms with Crippen LogP contribution in [0.25, 0.3) is 0 Å². The van der Waals surface area contributed by atoms with Crippen molar-refractivity contribution in [1.29, 1.82) is 0 Å². The summed E-state index contributed by atoms with van der Waals surface area (Å²) in [5.74, 6) is -2.10. The van der Waals surface area contributed by atoms with Crippen molar-refractivity contribution in [3.63, 3.8) is 0 Å². The summed E-state index contributed by atoms with van der Waals surface area (Å²) in [4.78, 5) is 10.9. The van der Waals surface area contributed by atoms with Crippen LogP contribution in [0.2, 0.25) is 5.02 Å². The van der Waals surface area contributed by atoms with Gasteiger partial charge < -0.3 is 5.11 Å². The average molecular weight is 400 g/mol. The second-order valence-corrected chi connectivity index (χ2v) is 8.11. The second-order valence-electron chi connectivity index (χ2n) is 5.94. The molecule has 0 aliphatic rings. The molecule has 5 nitrogen and oxygen atoms in total. The summed E-state index contributed by atoms with van der Waals surface area (Å²) in [7, 11) is -3.78. The third-order valence-corrected chi connectivity index (χ3v) is 5.43. The summed E-state index contributed by atoms with van der Waals surface area (Å²) >= 11 is 5.60. The highest BCUT2D eigenvalue weighted by Gasteiger charge is 2.20. The standard InChI is InChI=1S/C18H19ClFNO4S/c19-16-8-6-14(11-17(16)20)12-26(24,25)21-15(7-9-18(22)23)10-13-4-2-1-3-5-13/h1-6,8,11,15,21H,7,9-10,12H2,(H,22,23). The van der Waals surface area contributed by atoms with E-state index < -0.39 is 33.6 Å². The van der Waals surface area contributed by atoms with Gasteiger partial charge in [0.2, 0.25) is 10.0 Å². The lowest BCUT2D eigenvalue weighted by Gasteiger charge is -2.18. The van der Waals surface area contributed by atoms with Gasteiger partial charge >= 0.3 is 5.97 Å². The zero-order valence-electron chi connectivity index (χ0n) is 13.9. The van der Waals surface area contributed by atoms with Crippen molar-refractivity contribution in [1.82, 2.24) is 4.72 Å². The second kappa shape index (κ2) is 9.12. The molecule has 1 atom stereocenters. The summed E-state index contributed by atoms with van der Waals surface area (Å²) in [5, 5.41) is 8.81. The number of hydrogen-bond donors (Lipinski definition) is 2. The molecule has 0 saturated heterocycles. The molecule has 0 aliphatic heterocycles. The van der Waals surface area contributed by atoms with Crippen molar-refractivity contribution < 1.29 is 22.7 Å². The van der Waals surface area contributed by atoms with Gasteiger partial charge in [-0.1, -0.05) is 48.0 Å². The van der Waals surface area contributed by atoms with Gasteiger partial charge in [-0.25, -0.2) is 17.5 Å². The van der Waals surface area contributed by atoms with Gasteiger partial charge in [0.25, 0.3) is 0 Å². The third kappa shape index (κ3) is 6.74. The number of sulfonamides is 1. The Morgan fingerprint density at radius 2 is 1.85 bits per heavy atom. The Labute approximate surface area is 156 Å². The van der Waals surface area contributed by atoms with E-state index in [1.165, 1.54) is 12.1 Å². The number of carboxylic acid groups (broad SMARTS) is 1. The summed E-state index contributed by atoms with van der Waals surface area (Å²) < 4.78 is 40.9. The summed E-state index contributed by atoms with van der Waals surface area (Å²) in [6, 6.07) is 12.4. The highest BCUT2D eigenvalue weighted by molar-refractivity contribution is 7.88. The van der Waals surface area contributed by atoms with Crippen LogP contribution in [0.15, 0.2) is 48.5 Å². The van der Waals surface area contributed by atoms with E-state index in [1.807, 2.05) is 30.3 Å². The molecule has 2 aromatic carbocycles. The first kappa shape index (κ1) is 20.4. The Morgan fingerprint density at radius 3 is 2.46 bits per heavy atom. The predicted octanol–water partition coefficient (Wildman–Crippen LogP) is 3.37. The van der Waals surface area contributed by atoms with E-state index in [4.69, 9.17) is 16.7 Å². The first-order valence-electron chi connectivity index (χ1n) is 7.95. The molecule has 0 radical (unpaired) electrons. The highest BCUT2D eigenvalue weighted by Crippen LogP contribution is 2.17. The van der Waals surface area contributed by atoms with Crippen LogP contribution in [0.4, 0.5) is 4.39 Å². The number of hydrogen-bond acceptors (Lipinski definition) is 3. The van der Waals surface area contributed by atoms with Crippen LogP contribution >= 0.6 is 11.6 Å². The van der Waals surface area contributed by atoms with Crippen molar-refractivity contribution in [2.24, 2.45) is 0 Å². The fourth-order valence-corrected chi connectivity index (χ4v) is 4.07. The van der Waals surface area contributed by atoms with Crippen molar-refractivity contribution in [2.75, 3.05) is 0 Å². The molecule has 0 saturated carbocycles. The summed E-state index contributed by atoms with van der Waals surface area (Å²) in [6.07, 6.45) is 0.357. The lowest BCUT2D eigenvalue weighted by molar-refractivity contribution is -0.137. The molecule has 26 heavy (non-hydrogen) atoms. The summed E-state index contributed by atoms with van der Waals surface area (Å²) in [6.45, 7) is 0. The Bertz CT molecular complexity index is 859. The number of aliphatic carboxylic acids is 1. The molecule has 0 heterocycles. The minimum atomic E-state index is -3.78. The number of halogens is 2. The molecule has 2 N–H and O–H groups in total. The molecule has 0 aliphatic carbocycles. The van der Waals surface area contributed by atoms with E-state index in [0.29, 0.717) is 6.42 Å². The fraction of sp³-hybridized carbons (Fsp3) is 0.278. The lowest BCUT2D eigenvalue weighted by Crippen LogP contribution is -2.37. The Balaban J connectivity index is 2.10. The quantitative estimate of drug-likeness (QED) is 0.677. The Morgan fingerprint density at radius 1 is 1.15 bits per heavy atom. The minimum Gasteiger partial charge on any atom is -0.481 e. The van der Waals surface area contributed by atoms with Crippen LogP contribution in [0.1, 0.15) is 24.0 Å². The van der Waals surface area contributed by atoms with Crippen molar-refractivity contribution in [3.05, 3.63) is 70.5 Å². The van der Waals surface area contributed by atoms with Crippen LogP contribution in [0.3, 0.4) is 0 Å². The SMILES string of the molecule is O=C(O)CCC(Cc1ccccc1)NS(=O)(=O)Cc1ccc(Cl)c(F)c1. The zero-order chi connectivity index (χ0) is 19.2. The van der Waals surface area contributed by atoms with Crippen molar-refractivity contribution in [2.45, 2.75) is 31.1 Å². The van der Waals surface area contributed by atoms with E-state index in [0.717, 1.165) is 11.6 Å². The molecule has 0 spiro atoms. The van der Waals surface area contributed by atoms with Crippen LogP contribution in [-0.2, 0) is 27.0 Å². The van der Waals surface area contributed by atoms with Crippen LogP contribution in [0, 0.1) is 5.82 Å². The van der Waals surface area contributed by atoms with E-state index in [9.17, 15) is 17.6 Å².